The largest absolute Gasteiger partial charge is 0.475 e. The summed E-state index contributed by atoms with van der Waals surface area (Å²) in [6.07, 6.45) is 1.66. The lowest BCUT2D eigenvalue weighted by Gasteiger charge is -2.13. The number of pyridine rings is 1. The molecular weight excluding hydrogens is 386 g/mol. The van der Waals surface area contributed by atoms with Gasteiger partial charge in [-0.15, -0.1) is 0 Å². The van der Waals surface area contributed by atoms with Crippen LogP contribution in [0, 0.1) is 0 Å². The third-order valence-corrected chi connectivity index (χ3v) is 6.01. The summed E-state index contributed by atoms with van der Waals surface area (Å²) in [5.41, 5.74) is 1.28. The van der Waals surface area contributed by atoms with E-state index in [0.717, 1.165) is 5.56 Å². The Labute approximate surface area is 164 Å². The second-order valence-electron chi connectivity index (χ2n) is 6.15. The Balaban J connectivity index is 2.01. The predicted molar refractivity (Wildman–Crippen MR) is 102 cm³/mol. The molecule has 1 aromatic carbocycles. The van der Waals surface area contributed by atoms with Crippen molar-refractivity contribution in [3.05, 3.63) is 75.4 Å². The van der Waals surface area contributed by atoms with Crippen molar-refractivity contribution in [1.82, 2.24) is 9.55 Å². The number of rotatable bonds is 3. The average Bonchev–Trinajstić information content (AvgIpc) is 3.11. The van der Waals surface area contributed by atoms with Crippen LogP contribution in [0.3, 0.4) is 0 Å². The first kappa shape index (κ1) is 17.8. The second-order valence-corrected chi connectivity index (χ2v) is 7.53. The molecule has 0 fully saturated rings. The number of carbonyl (C=O) groups is 1. The van der Waals surface area contributed by atoms with Gasteiger partial charge >= 0.3 is 16.7 Å². The van der Waals surface area contributed by atoms with Crippen molar-refractivity contribution in [2.75, 3.05) is 5.75 Å². The number of thioether (sulfide) groups is 1. The number of carboxylic acids is 1. The van der Waals surface area contributed by atoms with Gasteiger partial charge in [-0.1, -0.05) is 48.0 Å². The van der Waals surface area contributed by atoms with E-state index in [9.17, 15) is 14.7 Å². The lowest BCUT2D eigenvalue weighted by molar-refractivity contribution is -0.717. The summed E-state index contributed by atoms with van der Waals surface area (Å²) in [5.74, 6) is -0.516. The van der Waals surface area contributed by atoms with Gasteiger partial charge in [0.15, 0.2) is 0 Å². The van der Waals surface area contributed by atoms with Crippen molar-refractivity contribution in [3.63, 3.8) is 0 Å². The van der Waals surface area contributed by atoms with Crippen LogP contribution < -0.4 is 10.1 Å². The number of fused-ring (bicyclic) bond motifs is 1. The first-order valence-corrected chi connectivity index (χ1v) is 9.57. The Morgan fingerprint density at radius 3 is 2.67 bits per heavy atom. The van der Waals surface area contributed by atoms with E-state index < -0.39 is 5.97 Å². The molecule has 136 valence electrons. The van der Waals surface area contributed by atoms with Crippen molar-refractivity contribution < 1.29 is 14.5 Å². The Bertz CT molecular complexity index is 1100. The van der Waals surface area contributed by atoms with Crippen molar-refractivity contribution in [1.29, 1.82) is 0 Å². The van der Waals surface area contributed by atoms with E-state index in [0.29, 0.717) is 21.6 Å². The van der Waals surface area contributed by atoms with Gasteiger partial charge in [-0.05, 0) is 23.4 Å². The molecule has 0 saturated carbocycles. The van der Waals surface area contributed by atoms with Crippen LogP contribution in [0.2, 0.25) is 5.15 Å². The Morgan fingerprint density at radius 1 is 1.30 bits per heavy atom. The normalized spacial score (nSPS) is 15.6. The van der Waals surface area contributed by atoms with E-state index in [1.165, 1.54) is 11.8 Å². The average molecular weight is 401 g/mol. The second kappa shape index (κ2) is 6.83. The van der Waals surface area contributed by atoms with Crippen molar-refractivity contribution in [2.24, 2.45) is 7.05 Å². The highest BCUT2D eigenvalue weighted by Crippen LogP contribution is 2.35. The number of hydrogen-bond donors (Lipinski definition) is 1. The number of aromatic carboxylic acids is 1. The minimum atomic E-state index is -1.13. The molecule has 0 amide bonds. The smallest absolute Gasteiger partial charge is 0.377 e. The molecule has 27 heavy (non-hydrogen) atoms. The summed E-state index contributed by atoms with van der Waals surface area (Å²) >= 11 is 7.33. The molecule has 4 rings (SSSR count). The van der Waals surface area contributed by atoms with Crippen LogP contribution in [0.25, 0.3) is 11.1 Å². The van der Waals surface area contributed by atoms with Gasteiger partial charge in [-0.3, -0.25) is 0 Å². The van der Waals surface area contributed by atoms with Gasteiger partial charge < -0.3 is 5.11 Å². The predicted octanol–water partition coefficient (Wildman–Crippen LogP) is 2.78. The molecule has 3 heterocycles. The molecule has 1 atom stereocenters. The molecule has 3 aromatic rings. The van der Waals surface area contributed by atoms with Crippen LogP contribution >= 0.6 is 23.4 Å². The molecule has 0 unspecified atom stereocenters. The van der Waals surface area contributed by atoms with Crippen molar-refractivity contribution in [3.8, 4) is 11.1 Å². The minimum Gasteiger partial charge on any atom is -0.475 e. The number of benzene rings is 1. The summed E-state index contributed by atoms with van der Waals surface area (Å²) in [5, 5.41) is 10.8. The van der Waals surface area contributed by atoms with Gasteiger partial charge in [-0.2, -0.15) is 4.57 Å². The molecule has 1 N–H and O–H groups in total. The molecule has 1 aliphatic rings. The molecule has 0 radical (unpaired) electrons. The molecule has 0 aliphatic carbocycles. The lowest BCUT2D eigenvalue weighted by Crippen LogP contribution is -2.46. The Kier molecular flexibility index (Phi) is 4.49. The highest BCUT2D eigenvalue weighted by atomic mass is 35.5. The van der Waals surface area contributed by atoms with Crippen LogP contribution in [0.15, 0.2) is 58.6 Å². The Morgan fingerprint density at radius 2 is 2.04 bits per heavy atom. The molecule has 2 aromatic heterocycles. The van der Waals surface area contributed by atoms with E-state index in [2.05, 4.69) is 4.98 Å². The number of nitrogens with zero attached hydrogens (tertiary/aromatic N) is 3. The number of aromatic nitrogens is 3. The maximum absolute atomic E-state index is 13.4. The molecule has 0 bridgehead atoms. The molecule has 0 saturated heterocycles. The maximum Gasteiger partial charge on any atom is 0.377 e. The third kappa shape index (κ3) is 2.93. The molecule has 8 heteroatoms. The fraction of sp³-hybridized carbons (Fsp3) is 0.158. The SMILES string of the molecule is C[n+]1c(C(=O)O)c(-c2ccccc2)c(=O)n2c1SC[C@@H]2c1ccc(Cl)nc1. The van der Waals surface area contributed by atoms with Gasteiger partial charge in [0, 0.05) is 11.8 Å². The summed E-state index contributed by atoms with van der Waals surface area (Å²) < 4.78 is 3.24. The van der Waals surface area contributed by atoms with Crippen LogP contribution in [-0.2, 0) is 7.05 Å². The van der Waals surface area contributed by atoms with Crippen molar-refractivity contribution >= 4 is 29.3 Å². The van der Waals surface area contributed by atoms with Crippen LogP contribution in [0.4, 0.5) is 0 Å². The van der Waals surface area contributed by atoms with Crippen LogP contribution in [0.5, 0.6) is 0 Å². The number of carboxylic acid groups (broad SMARTS) is 1. The van der Waals surface area contributed by atoms with Gasteiger partial charge in [0.25, 0.3) is 0 Å². The first-order chi connectivity index (χ1) is 13.0. The fourth-order valence-electron chi connectivity index (χ4n) is 3.35. The van der Waals surface area contributed by atoms with Crippen molar-refractivity contribution in [2.45, 2.75) is 11.2 Å². The van der Waals surface area contributed by atoms with E-state index in [4.69, 9.17) is 11.6 Å². The minimum absolute atomic E-state index is 0.0140. The summed E-state index contributed by atoms with van der Waals surface area (Å²) in [6.45, 7) is 0. The molecule has 0 spiro atoms. The number of halogens is 1. The first-order valence-electron chi connectivity index (χ1n) is 8.20. The summed E-state index contributed by atoms with van der Waals surface area (Å²) in [6, 6.07) is 12.2. The zero-order valence-electron chi connectivity index (χ0n) is 14.3. The quantitative estimate of drug-likeness (QED) is 0.415. The van der Waals surface area contributed by atoms with E-state index >= 15 is 0 Å². The van der Waals surface area contributed by atoms with Crippen LogP contribution in [-0.4, -0.2) is 26.4 Å². The zero-order chi connectivity index (χ0) is 19.1. The maximum atomic E-state index is 13.4. The third-order valence-electron chi connectivity index (χ3n) is 4.58. The van der Waals surface area contributed by atoms with E-state index in [1.54, 1.807) is 52.7 Å². The lowest BCUT2D eigenvalue weighted by atomic mass is 10.0. The van der Waals surface area contributed by atoms with Gasteiger partial charge in [-0.25, -0.2) is 19.1 Å². The molecule has 1 aliphatic heterocycles. The summed E-state index contributed by atoms with van der Waals surface area (Å²) in [4.78, 5) is 29.5. The molecule has 6 nitrogen and oxygen atoms in total. The fourth-order valence-corrected chi connectivity index (χ4v) is 4.74. The molecular formula is C19H15ClN3O3S+. The Hall–Kier alpha value is -2.64. The summed E-state index contributed by atoms with van der Waals surface area (Å²) in [7, 11) is 1.68. The van der Waals surface area contributed by atoms with Gasteiger partial charge in [0.05, 0.1) is 12.8 Å². The number of hydrogen-bond acceptors (Lipinski definition) is 4. The van der Waals surface area contributed by atoms with Gasteiger partial charge in [0.2, 0.25) is 5.69 Å². The van der Waals surface area contributed by atoms with E-state index in [1.807, 2.05) is 12.1 Å². The van der Waals surface area contributed by atoms with Crippen LogP contribution in [0.1, 0.15) is 22.1 Å². The van der Waals surface area contributed by atoms with Gasteiger partial charge in [0.1, 0.15) is 16.8 Å². The standard InChI is InChI=1S/C19H14ClN3O3S/c1-22-16(18(25)26)15(11-5-3-2-4-6-11)17(24)23-13(10-27-19(22)23)12-7-8-14(20)21-9-12/h2-9,13H,10H2,1H3/p+1/t13-/m1/s1. The highest BCUT2D eigenvalue weighted by Gasteiger charge is 2.40. The highest BCUT2D eigenvalue weighted by molar-refractivity contribution is 7.99. The zero-order valence-corrected chi connectivity index (χ0v) is 15.9. The topological polar surface area (TPSA) is 76.1 Å². The van der Waals surface area contributed by atoms with E-state index in [-0.39, 0.29) is 22.9 Å². The monoisotopic (exact) mass is 400 g/mol.